The predicted octanol–water partition coefficient (Wildman–Crippen LogP) is 0.660. The first-order valence-corrected chi connectivity index (χ1v) is 10.5. The van der Waals surface area contributed by atoms with Crippen molar-refractivity contribution >= 4 is 27.4 Å². The lowest BCUT2D eigenvalue weighted by Crippen LogP contribution is -2.57. The van der Waals surface area contributed by atoms with Crippen LogP contribution in [0.15, 0.2) is 29.3 Å². The van der Waals surface area contributed by atoms with Crippen LogP contribution in [0.5, 0.6) is 0 Å². The van der Waals surface area contributed by atoms with Crippen LogP contribution >= 0.6 is 0 Å². The number of para-hydroxylation sites is 1. The smallest absolute Gasteiger partial charge is 0.231 e. The Bertz CT molecular complexity index is 833. The lowest BCUT2D eigenvalue weighted by atomic mass is 10.2. The molecule has 0 unspecified atom stereocenters. The summed E-state index contributed by atoms with van der Waals surface area (Å²) in [7, 11) is -1.40. The molecule has 0 aliphatic carbocycles. The summed E-state index contributed by atoms with van der Waals surface area (Å²) in [5, 5.41) is 3.27. The van der Waals surface area contributed by atoms with Gasteiger partial charge in [-0.25, -0.2) is 8.42 Å². The largest absolute Gasteiger partial charge is 0.354 e. The van der Waals surface area contributed by atoms with E-state index in [1.54, 1.807) is 25.8 Å². The van der Waals surface area contributed by atoms with Crippen LogP contribution in [0, 0.1) is 0 Å². The number of nitrogens with one attached hydrogen (secondary N) is 1. The first kappa shape index (κ1) is 18.7. The summed E-state index contributed by atoms with van der Waals surface area (Å²) in [6.07, 6.45) is 0.447. The van der Waals surface area contributed by atoms with Crippen molar-refractivity contribution < 1.29 is 13.2 Å². The number of nitrogens with zero attached hydrogens (tertiary/aromatic N) is 3. The van der Waals surface area contributed by atoms with Gasteiger partial charge in [0.2, 0.25) is 5.91 Å². The van der Waals surface area contributed by atoms with E-state index in [9.17, 15) is 13.2 Å². The van der Waals surface area contributed by atoms with E-state index in [-0.39, 0.29) is 11.7 Å². The Balaban J connectivity index is 1.60. The molecular weight excluding hydrogens is 352 g/mol. The van der Waals surface area contributed by atoms with Gasteiger partial charge in [-0.15, -0.1) is 0 Å². The molecule has 2 aliphatic heterocycles. The third-order valence-corrected chi connectivity index (χ3v) is 7.63. The Kier molecular flexibility index (Phi) is 4.96. The van der Waals surface area contributed by atoms with Crippen LogP contribution in [0.2, 0.25) is 0 Å². The van der Waals surface area contributed by atoms with Crippen molar-refractivity contribution in [1.29, 1.82) is 0 Å². The van der Waals surface area contributed by atoms with Crippen molar-refractivity contribution in [2.75, 3.05) is 43.9 Å². The Morgan fingerprint density at radius 1 is 1.31 bits per heavy atom. The zero-order valence-corrected chi connectivity index (χ0v) is 16.3. The highest BCUT2D eigenvalue weighted by Crippen LogP contribution is 2.28. The summed E-state index contributed by atoms with van der Waals surface area (Å²) >= 11 is 0. The molecule has 0 radical (unpaired) electrons. The Labute approximate surface area is 155 Å². The average Bonchev–Trinajstić information content (AvgIpc) is 2.90. The van der Waals surface area contributed by atoms with Crippen molar-refractivity contribution in [2.45, 2.75) is 25.0 Å². The molecule has 26 heavy (non-hydrogen) atoms. The predicted molar refractivity (Wildman–Crippen MR) is 103 cm³/mol. The highest BCUT2D eigenvalue weighted by Gasteiger charge is 2.41. The fourth-order valence-electron chi connectivity index (χ4n) is 3.50. The van der Waals surface area contributed by atoms with E-state index >= 15 is 0 Å². The van der Waals surface area contributed by atoms with E-state index in [0.717, 1.165) is 11.3 Å². The molecule has 1 amide bonds. The molecule has 0 atom stereocenters. The Hall–Kier alpha value is -2.09. The zero-order valence-electron chi connectivity index (χ0n) is 15.5. The van der Waals surface area contributed by atoms with Crippen LogP contribution in [0.1, 0.15) is 19.4 Å². The maximum Gasteiger partial charge on any atom is 0.231 e. The van der Waals surface area contributed by atoms with Gasteiger partial charge in [-0.3, -0.25) is 9.79 Å². The first-order chi connectivity index (χ1) is 12.2. The first-order valence-electron chi connectivity index (χ1n) is 8.81. The molecule has 1 aromatic carbocycles. The number of rotatable bonds is 3. The molecule has 2 aliphatic rings. The van der Waals surface area contributed by atoms with E-state index in [1.807, 2.05) is 29.2 Å². The Morgan fingerprint density at radius 2 is 2.04 bits per heavy atom. The molecule has 8 heteroatoms. The Morgan fingerprint density at radius 3 is 2.73 bits per heavy atom. The number of guanidine groups is 1. The summed E-state index contributed by atoms with van der Waals surface area (Å²) in [6.45, 7) is 5.43. The lowest BCUT2D eigenvalue weighted by Gasteiger charge is -2.39. The lowest BCUT2D eigenvalue weighted by molar-refractivity contribution is -0.117. The fourth-order valence-corrected chi connectivity index (χ4v) is 4.86. The van der Waals surface area contributed by atoms with Gasteiger partial charge in [-0.2, -0.15) is 0 Å². The summed E-state index contributed by atoms with van der Waals surface area (Å²) in [5.74, 6) is 0.902. The minimum atomic E-state index is -3.09. The number of hydrogen-bond acceptors (Lipinski definition) is 4. The van der Waals surface area contributed by atoms with Crippen LogP contribution in [-0.2, 0) is 21.1 Å². The zero-order chi connectivity index (χ0) is 18.9. The molecule has 1 N–H and O–H groups in total. The van der Waals surface area contributed by atoms with Crippen LogP contribution < -0.4 is 10.2 Å². The van der Waals surface area contributed by atoms with Crippen LogP contribution in [0.25, 0.3) is 0 Å². The number of amides is 1. The van der Waals surface area contributed by atoms with E-state index < -0.39 is 14.6 Å². The standard InChI is InChI=1S/C18H26N4O3S/c1-18(2)13-21(10-11-26(18,24)25)17(19-3)20-8-9-22-15-7-5-4-6-14(15)12-16(22)23/h4-7H,8-13H2,1-3H3,(H,19,20). The van der Waals surface area contributed by atoms with Crippen molar-refractivity contribution in [3.63, 3.8) is 0 Å². The minimum Gasteiger partial charge on any atom is -0.354 e. The maximum atomic E-state index is 12.2. The van der Waals surface area contributed by atoms with E-state index in [4.69, 9.17) is 0 Å². The molecule has 0 bridgehead atoms. The van der Waals surface area contributed by atoms with Crippen molar-refractivity contribution in [3.8, 4) is 0 Å². The third-order valence-electron chi connectivity index (χ3n) is 5.10. The summed E-state index contributed by atoms with van der Waals surface area (Å²) < 4.78 is 23.5. The molecule has 1 aromatic rings. The molecule has 0 saturated carbocycles. The maximum absolute atomic E-state index is 12.2. The summed E-state index contributed by atoms with van der Waals surface area (Å²) in [6, 6.07) is 7.83. The number of hydrogen-bond donors (Lipinski definition) is 1. The van der Waals surface area contributed by atoms with Gasteiger partial charge in [0.05, 0.1) is 16.9 Å². The second kappa shape index (κ2) is 6.90. The van der Waals surface area contributed by atoms with Crippen LogP contribution in [0.3, 0.4) is 0 Å². The number of carbonyl (C=O) groups is 1. The van der Waals surface area contributed by atoms with Crippen LogP contribution in [0.4, 0.5) is 5.69 Å². The third kappa shape index (κ3) is 3.42. The van der Waals surface area contributed by atoms with Gasteiger partial charge in [-0.05, 0) is 25.5 Å². The van der Waals surface area contributed by atoms with E-state index in [2.05, 4.69) is 10.3 Å². The molecular formula is C18H26N4O3S. The van der Waals surface area contributed by atoms with Gasteiger partial charge in [0.1, 0.15) is 0 Å². The molecule has 0 spiro atoms. The minimum absolute atomic E-state index is 0.105. The van der Waals surface area contributed by atoms with Gasteiger partial charge < -0.3 is 15.1 Å². The molecule has 1 saturated heterocycles. The van der Waals surface area contributed by atoms with E-state index in [0.29, 0.717) is 38.6 Å². The highest BCUT2D eigenvalue weighted by molar-refractivity contribution is 7.92. The number of anilines is 1. The number of aliphatic imine (C=N–C) groups is 1. The fraction of sp³-hybridized carbons (Fsp3) is 0.556. The number of sulfone groups is 1. The normalized spacial score (nSPS) is 21.7. The van der Waals surface area contributed by atoms with Gasteiger partial charge in [0.15, 0.2) is 15.8 Å². The number of benzene rings is 1. The topological polar surface area (TPSA) is 82.1 Å². The van der Waals surface area contributed by atoms with E-state index in [1.165, 1.54) is 0 Å². The van der Waals surface area contributed by atoms with Gasteiger partial charge in [0, 0.05) is 38.9 Å². The van der Waals surface area contributed by atoms with Crippen molar-refractivity contribution in [3.05, 3.63) is 29.8 Å². The van der Waals surface area contributed by atoms with Crippen molar-refractivity contribution in [1.82, 2.24) is 10.2 Å². The summed E-state index contributed by atoms with van der Waals surface area (Å²) in [4.78, 5) is 20.3. The quantitative estimate of drug-likeness (QED) is 0.617. The van der Waals surface area contributed by atoms with Crippen molar-refractivity contribution in [2.24, 2.45) is 4.99 Å². The molecule has 2 heterocycles. The van der Waals surface area contributed by atoms with Crippen LogP contribution in [-0.4, -0.2) is 68.9 Å². The molecule has 1 fully saturated rings. The molecule has 142 valence electrons. The molecule has 0 aromatic heterocycles. The number of carbonyl (C=O) groups excluding carboxylic acids is 1. The summed E-state index contributed by atoms with van der Waals surface area (Å²) in [5.41, 5.74) is 2.03. The SMILES string of the molecule is CN=C(NCCN1C(=O)Cc2ccccc21)N1CCS(=O)(=O)C(C)(C)C1. The molecule has 3 rings (SSSR count). The number of fused-ring (bicyclic) bond motifs is 1. The second-order valence-electron chi connectivity index (χ2n) is 7.32. The van der Waals surface area contributed by atoms with Gasteiger partial charge in [0.25, 0.3) is 0 Å². The monoisotopic (exact) mass is 378 g/mol. The second-order valence-corrected chi connectivity index (χ2v) is 10.1. The molecule has 7 nitrogen and oxygen atoms in total. The van der Waals surface area contributed by atoms with Gasteiger partial charge >= 0.3 is 0 Å². The highest BCUT2D eigenvalue weighted by atomic mass is 32.2. The average molecular weight is 378 g/mol. The van der Waals surface area contributed by atoms with Gasteiger partial charge in [-0.1, -0.05) is 18.2 Å².